The Hall–Kier alpha value is -1.91. The number of esters is 1. The van der Waals surface area contributed by atoms with Crippen molar-refractivity contribution < 1.29 is 19.1 Å². The molecule has 2 rings (SSSR count). The number of thiazole rings is 1. The fourth-order valence-corrected chi connectivity index (χ4v) is 5.03. The Kier molecular flexibility index (Phi) is 7.40. The fourth-order valence-electron chi connectivity index (χ4n) is 2.15. The van der Waals surface area contributed by atoms with E-state index in [4.69, 9.17) is 4.74 Å². The molecule has 0 fully saturated rings. The molecule has 10 heteroatoms. The normalized spacial score (nSPS) is 10.6. The molecule has 2 aromatic rings. The van der Waals surface area contributed by atoms with Crippen molar-refractivity contribution in [1.29, 1.82) is 0 Å². The lowest BCUT2D eigenvalue weighted by molar-refractivity contribution is -0.113. The molecule has 0 saturated heterocycles. The first-order valence-corrected chi connectivity index (χ1v) is 10.8. The number of ether oxygens (including phenoxy) is 1. The molecule has 0 aliphatic carbocycles. The molecule has 0 bridgehead atoms. The first-order chi connectivity index (χ1) is 12.7. The smallest absolute Gasteiger partial charge is 0.341 e. The summed E-state index contributed by atoms with van der Waals surface area (Å²) in [5, 5.41) is 4.99. The zero-order valence-electron chi connectivity index (χ0n) is 15.7. The van der Waals surface area contributed by atoms with Crippen molar-refractivity contribution in [2.75, 3.05) is 31.8 Å². The fraction of sp³-hybridized carbons (Fsp3) is 0.412. The predicted molar refractivity (Wildman–Crippen MR) is 109 cm³/mol. The van der Waals surface area contributed by atoms with Gasteiger partial charge in [-0.3, -0.25) is 9.59 Å². The molecule has 7 nitrogen and oxygen atoms in total. The molecule has 2 amide bonds. The first-order valence-electron chi connectivity index (χ1n) is 8.11. The van der Waals surface area contributed by atoms with Crippen LogP contribution >= 0.6 is 34.4 Å². The van der Waals surface area contributed by atoms with Gasteiger partial charge in [-0.2, -0.15) is 0 Å². The second-order valence-electron chi connectivity index (χ2n) is 5.77. The number of carbonyl (C=O) groups is 3. The molecule has 1 N–H and O–H groups in total. The largest absolute Gasteiger partial charge is 0.462 e. The van der Waals surface area contributed by atoms with E-state index in [0.29, 0.717) is 15.4 Å². The zero-order valence-corrected chi connectivity index (χ0v) is 18.2. The summed E-state index contributed by atoms with van der Waals surface area (Å²) in [6, 6.07) is 0. The van der Waals surface area contributed by atoms with Gasteiger partial charge in [0.05, 0.1) is 22.8 Å². The van der Waals surface area contributed by atoms with Gasteiger partial charge in [0.1, 0.15) is 5.00 Å². The van der Waals surface area contributed by atoms with Crippen molar-refractivity contribution in [2.24, 2.45) is 0 Å². The zero-order chi connectivity index (χ0) is 20.1. The van der Waals surface area contributed by atoms with Crippen LogP contribution in [0.2, 0.25) is 0 Å². The monoisotopic (exact) mass is 427 g/mol. The van der Waals surface area contributed by atoms with Gasteiger partial charge in [0.25, 0.3) is 5.91 Å². The average molecular weight is 428 g/mol. The van der Waals surface area contributed by atoms with Gasteiger partial charge in [0.2, 0.25) is 5.91 Å². The molecule has 146 valence electrons. The molecule has 2 aromatic heterocycles. The van der Waals surface area contributed by atoms with Crippen LogP contribution in [0.3, 0.4) is 0 Å². The van der Waals surface area contributed by atoms with E-state index in [1.165, 1.54) is 28.0 Å². The Bertz CT molecular complexity index is 858. The molecule has 0 radical (unpaired) electrons. The van der Waals surface area contributed by atoms with E-state index in [1.54, 1.807) is 27.9 Å². The van der Waals surface area contributed by atoms with Crippen LogP contribution in [-0.2, 0) is 9.53 Å². The molecule has 27 heavy (non-hydrogen) atoms. The number of anilines is 1. The van der Waals surface area contributed by atoms with E-state index in [9.17, 15) is 14.4 Å². The summed E-state index contributed by atoms with van der Waals surface area (Å²) in [5.41, 5.74) is 1.65. The van der Waals surface area contributed by atoms with Crippen molar-refractivity contribution in [2.45, 2.75) is 25.1 Å². The molecule has 0 unspecified atom stereocenters. The van der Waals surface area contributed by atoms with Crippen LogP contribution in [0.1, 0.15) is 38.2 Å². The summed E-state index contributed by atoms with van der Waals surface area (Å²) in [6.07, 6.45) is 0. The third kappa shape index (κ3) is 5.30. The number of hydrogen-bond donors (Lipinski definition) is 1. The van der Waals surface area contributed by atoms with Gasteiger partial charge in [-0.05, 0) is 26.3 Å². The van der Waals surface area contributed by atoms with Gasteiger partial charge in [0.15, 0.2) is 4.34 Å². The second kappa shape index (κ2) is 9.34. The Labute approximate surface area is 170 Å². The van der Waals surface area contributed by atoms with Crippen molar-refractivity contribution in [3.8, 4) is 0 Å². The van der Waals surface area contributed by atoms with Crippen molar-refractivity contribution >= 4 is 57.2 Å². The third-order valence-electron chi connectivity index (χ3n) is 3.40. The van der Waals surface area contributed by atoms with E-state index in [-0.39, 0.29) is 29.7 Å². The topological polar surface area (TPSA) is 88.6 Å². The summed E-state index contributed by atoms with van der Waals surface area (Å²) in [4.78, 5) is 43.2. The highest BCUT2D eigenvalue weighted by molar-refractivity contribution is 8.01. The standard InChI is InChI=1S/C17H21N3O4S3/c1-6-24-16(23)12-10(3)13(15(22)20(4)5)27-14(12)19-11(21)8-26-17-18-9(2)7-25-17/h7H,6,8H2,1-5H3,(H,19,21). The number of nitrogens with zero attached hydrogens (tertiary/aromatic N) is 2. The maximum Gasteiger partial charge on any atom is 0.341 e. The van der Waals surface area contributed by atoms with Gasteiger partial charge in [-0.25, -0.2) is 9.78 Å². The van der Waals surface area contributed by atoms with Crippen LogP contribution in [0.15, 0.2) is 9.72 Å². The molecule has 0 saturated carbocycles. The predicted octanol–water partition coefficient (Wildman–Crippen LogP) is 3.43. The maximum atomic E-state index is 12.4. The van der Waals surface area contributed by atoms with Gasteiger partial charge < -0.3 is 15.0 Å². The van der Waals surface area contributed by atoms with E-state index in [2.05, 4.69) is 10.3 Å². The first kappa shape index (κ1) is 21.4. The van der Waals surface area contributed by atoms with Crippen LogP contribution in [0.25, 0.3) is 0 Å². The molecular formula is C17H21N3O4S3. The number of aromatic nitrogens is 1. The Morgan fingerprint density at radius 1 is 1.30 bits per heavy atom. The summed E-state index contributed by atoms with van der Waals surface area (Å²) in [7, 11) is 3.27. The Morgan fingerprint density at radius 3 is 2.56 bits per heavy atom. The highest BCUT2D eigenvalue weighted by Crippen LogP contribution is 2.34. The molecule has 0 aliphatic heterocycles. The highest BCUT2D eigenvalue weighted by Gasteiger charge is 2.27. The van der Waals surface area contributed by atoms with Crippen molar-refractivity contribution in [3.05, 3.63) is 27.1 Å². The molecule has 2 heterocycles. The third-order valence-corrected chi connectivity index (χ3v) is 6.74. The molecule has 0 aliphatic rings. The average Bonchev–Trinajstić information content (AvgIpc) is 3.15. The van der Waals surface area contributed by atoms with E-state index < -0.39 is 5.97 Å². The van der Waals surface area contributed by atoms with Crippen LogP contribution in [0.5, 0.6) is 0 Å². The lowest BCUT2D eigenvalue weighted by Crippen LogP contribution is -2.21. The Morgan fingerprint density at radius 2 is 2.00 bits per heavy atom. The number of amides is 2. The van der Waals surface area contributed by atoms with Crippen LogP contribution in [0, 0.1) is 13.8 Å². The molecular weight excluding hydrogens is 406 g/mol. The van der Waals surface area contributed by atoms with E-state index in [1.807, 2.05) is 12.3 Å². The van der Waals surface area contributed by atoms with Gasteiger partial charge >= 0.3 is 5.97 Å². The summed E-state index contributed by atoms with van der Waals surface area (Å²) in [5.74, 6) is -0.898. The van der Waals surface area contributed by atoms with E-state index in [0.717, 1.165) is 21.4 Å². The Balaban J connectivity index is 2.22. The number of aryl methyl sites for hydroxylation is 1. The van der Waals surface area contributed by atoms with Crippen LogP contribution < -0.4 is 5.32 Å². The number of thiophene rings is 1. The van der Waals surface area contributed by atoms with E-state index >= 15 is 0 Å². The lowest BCUT2D eigenvalue weighted by atomic mass is 10.1. The minimum absolute atomic E-state index is 0.156. The molecule has 0 atom stereocenters. The summed E-state index contributed by atoms with van der Waals surface area (Å²) in [6.45, 7) is 5.49. The number of rotatable bonds is 7. The minimum atomic E-state index is -0.553. The van der Waals surface area contributed by atoms with Gasteiger partial charge in [0, 0.05) is 25.2 Å². The number of hydrogen-bond acceptors (Lipinski definition) is 8. The highest BCUT2D eigenvalue weighted by atomic mass is 32.2. The second-order valence-corrected chi connectivity index (χ2v) is 8.87. The SMILES string of the molecule is CCOC(=O)c1c(NC(=O)CSc2nc(C)cs2)sc(C(=O)N(C)C)c1C. The molecule has 0 spiro atoms. The number of nitrogens with one attached hydrogen (secondary N) is 1. The lowest BCUT2D eigenvalue weighted by Gasteiger charge is -2.09. The van der Waals surface area contributed by atoms with Crippen molar-refractivity contribution in [3.63, 3.8) is 0 Å². The summed E-state index contributed by atoms with van der Waals surface area (Å²) < 4.78 is 5.90. The number of thioether (sulfide) groups is 1. The quantitative estimate of drug-likeness (QED) is 0.538. The summed E-state index contributed by atoms with van der Waals surface area (Å²) >= 11 is 3.88. The molecule has 0 aromatic carbocycles. The van der Waals surface area contributed by atoms with Crippen LogP contribution in [-0.4, -0.2) is 54.1 Å². The van der Waals surface area contributed by atoms with Gasteiger partial charge in [-0.1, -0.05) is 11.8 Å². The maximum absolute atomic E-state index is 12.4. The van der Waals surface area contributed by atoms with Gasteiger partial charge in [-0.15, -0.1) is 22.7 Å². The number of carbonyl (C=O) groups excluding carboxylic acids is 3. The van der Waals surface area contributed by atoms with Crippen LogP contribution in [0.4, 0.5) is 5.00 Å². The van der Waals surface area contributed by atoms with Crippen molar-refractivity contribution in [1.82, 2.24) is 9.88 Å². The minimum Gasteiger partial charge on any atom is -0.462 e.